The van der Waals surface area contributed by atoms with Gasteiger partial charge in [-0.15, -0.1) is 0 Å². The number of nitrogens with zero attached hydrogens (tertiary/aromatic N) is 2. The van der Waals surface area contributed by atoms with Crippen LogP contribution in [0.1, 0.15) is 27.5 Å². The van der Waals surface area contributed by atoms with Crippen LogP contribution in [-0.2, 0) is 16.6 Å². The van der Waals surface area contributed by atoms with Gasteiger partial charge in [-0.1, -0.05) is 36.4 Å². The van der Waals surface area contributed by atoms with Gasteiger partial charge in [0.15, 0.2) is 0 Å². The summed E-state index contributed by atoms with van der Waals surface area (Å²) in [4.78, 5) is 27.2. The highest BCUT2D eigenvalue weighted by Gasteiger charge is 2.39. The summed E-state index contributed by atoms with van der Waals surface area (Å²) in [5.41, 5.74) is 3.72. The van der Waals surface area contributed by atoms with Gasteiger partial charge in [0.2, 0.25) is 5.91 Å². The summed E-state index contributed by atoms with van der Waals surface area (Å²) in [7, 11) is 3.58. The van der Waals surface area contributed by atoms with Crippen LogP contribution in [0.15, 0.2) is 54.7 Å². The number of hydrogen-bond donors (Lipinski definition) is 1. The summed E-state index contributed by atoms with van der Waals surface area (Å²) in [6.45, 7) is 0.862. The Morgan fingerprint density at radius 2 is 1.86 bits per heavy atom. The number of aryl methyl sites for hydroxylation is 1. The minimum atomic E-state index is -0.289. The lowest BCUT2D eigenvalue weighted by molar-refractivity contribution is -0.122. The van der Waals surface area contributed by atoms with Crippen molar-refractivity contribution in [3.05, 3.63) is 71.4 Å². The molecule has 0 radical (unpaired) electrons. The average Bonchev–Trinajstić information content (AvgIpc) is 3.17. The fraction of sp³-hybridized carbons (Fsp3) is 0.273. The molecule has 0 spiro atoms. The topological polar surface area (TPSA) is 63.6 Å². The number of fused-ring (bicyclic) bond motifs is 2. The Kier molecular flexibility index (Phi) is 4.88. The third-order valence-electron chi connectivity index (χ3n) is 5.22. The zero-order chi connectivity index (χ0) is 19.7. The Morgan fingerprint density at radius 3 is 2.68 bits per heavy atom. The predicted molar refractivity (Wildman–Crippen MR) is 107 cm³/mol. The first kappa shape index (κ1) is 18.3. The van der Waals surface area contributed by atoms with Gasteiger partial charge < -0.3 is 19.5 Å². The normalized spacial score (nSPS) is 15.9. The number of hydrogen-bond acceptors (Lipinski definition) is 3. The fourth-order valence-electron chi connectivity index (χ4n) is 3.96. The Morgan fingerprint density at radius 1 is 1.11 bits per heavy atom. The Labute approximate surface area is 163 Å². The van der Waals surface area contributed by atoms with Gasteiger partial charge in [-0.05, 0) is 17.7 Å². The number of carbonyl (C=O) groups is 2. The van der Waals surface area contributed by atoms with E-state index in [0.29, 0.717) is 18.7 Å². The van der Waals surface area contributed by atoms with Gasteiger partial charge in [-0.25, -0.2) is 0 Å². The Bertz CT molecular complexity index is 1040. The maximum atomic E-state index is 13.1. The van der Waals surface area contributed by atoms with Crippen LogP contribution in [0.2, 0.25) is 0 Å². The molecule has 2 heterocycles. The van der Waals surface area contributed by atoms with Crippen molar-refractivity contribution in [1.29, 1.82) is 0 Å². The second kappa shape index (κ2) is 7.48. The first-order valence-electron chi connectivity index (χ1n) is 9.31. The van der Waals surface area contributed by atoms with Gasteiger partial charge in [0.1, 0.15) is 6.54 Å². The largest absolute Gasteiger partial charge is 0.383 e. The molecular weight excluding hydrogens is 354 g/mol. The van der Waals surface area contributed by atoms with E-state index in [1.807, 2.05) is 43.4 Å². The molecule has 28 heavy (non-hydrogen) atoms. The van der Waals surface area contributed by atoms with Crippen LogP contribution in [0.4, 0.5) is 0 Å². The lowest BCUT2D eigenvalue weighted by Crippen LogP contribution is -2.40. The summed E-state index contributed by atoms with van der Waals surface area (Å²) in [6.07, 6.45) is 2.06. The van der Waals surface area contributed by atoms with Crippen LogP contribution in [-0.4, -0.2) is 48.1 Å². The third kappa shape index (κ3) is 3.05. The molecule has 0 saturated carbocycles. The molecule has 1 atom stereocenters. The van der Waals surface area contributed by atoms with Gasteiger partial charge in [-0.2, -0.15) is 0 Å². The first-order valence-corrected chi connectivity index (χ1v) is 9.31. The molecule has 0 saturated heterocycles. The molecule has 0 fully saturated rings. The smallest absolute Gasteiger partial charge is 0.255 e. The van der Waals surface area contributed by atoms with Crippen LogP contribution in [0, 0.1) is 0 Å². The van der Waals surface area contributed by atoms with E-state index in [4.69, 9.17) is 4.74 Å². The molecule has 1 unspecified atom stereocenters. The minimum Gasteiger partial charge on any atom is -0.383 e. The first-order chi connectivity index (χ1) is 13.6. The highest BCUT2D eigenvalue weighted by molar-refractivity contribution is 6.02. The zero-order valence-corrected chi connectivity index (χ0v) is 16.0. The molecule has 6 heteroatoms. The SMILES string of the molecule is COCCNC(=O)CN1C(=O)c2ccccc2C1c1cn(C)c2ccccc12. The van der Waals surface area contributed by atoms with Gasteiger partial charge >= 0.3 is 0 Å². The molecule has 0 aliphatic carbocycles. The van der Waals surface area contributed by atoms with E-state index in [0.717, 1.165) is 22.0 Å². The third-order valence-corrected chi connectivity index (χ3v) is 5.22. The second-order valence-corrected chi connectivity index (χ2v) is 6.98. The molecule has 4 rings (SSSR count). The summed E-state index contributed by atoms with van der Waals surface area (Å²) in [5.74, 6) is -0.307. The van der Waals surface area contributed by atoms with Crippen molar-refractivity contribution in [2.45, 2.75) is 6.04 Å². The predicted octanol–water partition coefficient (Wildman–Crippen LogP) is 2.49. The van der Waals surface area contributed by atoms with E-state index in [9.17, 15) is 9.59 Å². The van der Waals surface area contributed by atoms with E-state index < -0.39 is 0 Å². The van der Waals surface area contributed by atoms with Crippen molar-refractivity contribution in [3.8, 4) is 0 Å². The number of aromatic nitrogens is 1. The lowest BCUT2D eigenvalue weighted by Gasteiger charge is -2.25. The van der Waals surface area contributed by atoms with E-state index in [-0.39, 0.29) is 24.4 Å². The number of para-hydroxylation sites is 1. The van der Waals surface area contributed by atoms with Crippen LogP contribution in [0.25, 0.3) is 10.9 Å². The van der Waals surface area contributed by atoms with E-state index in [1.165, 1.54) is 0 Å². The average molecular weight is 377 g/mol. The molecule has 144 valence electrons. The maximum absolute atomic E-state index is 13.1. The number of ether oxygens (including phenoxy) is 1. The standard InChI is InChI=1S/C22H23N3O3/c1-24-13-18(15-7-5-6-10-19(15)24)21-16-8-3-4-9-17(16)22(27)25(21)14-20(26)23-11-12-28-2/h3-10,13,21H,11-12,14H2,1-2H3,(H,23,26). The van der Waals surface area contributed by atoms with Gasteiger partial charge in [0, 0.05) is 48.9 Å². The number of amides is 2. The molecule has 1 aliphatic rings. The summed E-state index contributed by atoms with van der Waals surface area (Å²) in [5, 5.41) is 3.90. The molecular formula is C22H23N3O3. The van der Waals surface area contributed by atoms with Crippen molar-refractivity contribution >= 4 is 22.7 Å². The number of carbonyl (C=O) groups excluding carboxylic acids is 2. The van der Waals surface area contributed by atoms with Crippen LogP contribution >= 0.6 is 0 Å². The van der Waals surface area contributed by atoms with Crippen LogP contribution < -0.4 is 5.32 Å². The molecule has 1 aliphatic heterocycles. The van der Waals surface area contributed by atoms with Gasteiger partial charge in [-0.3, -0.25) is 9.59 Å². The molecule has 1 N–H and O–H groups in total. The van der Waals surface area contributed by atoms with Gasteiger partial charge in [0.05, 0.1) is 12.6 Å². The minimum absolute atomic E-state index is 0.00507. The summed E-state index contributed by atoms with van der Waals surface area (Å²) in [6, 6.07) is 15.4. The van der Waals surface area contributed by atoms with Gasteiger partial charge in [0.25, 0.3) is 5.91 Å². The molecule has 2 amide bonds. The van der Waals surface area contributed by atoms with Crippen molar-refractivity contribution in [2.24, 2.45) is 7.05 Å². The molecule has 6 nitrogen and oxygen atoms in total. The lowest BCUT2D eigenvalue weighted by atomic mass is 9.97. The van der Waals surface area contributed by atoms with Crippen molar-refractivity contribution in [1.82, 2.24) is 14.8 Å². The fourth-order valence-corrected chi connectivity index (χ4v) is 3.96. The van der Waals surface area contributed by atoms with Crippen LogP contribution in [0.3, 0.4) is 0 Å². The number of methoxy groups -OCH3 is 1. The molecule has 1 aromatic heterocycles. The van der Waals surface area contributed by atoms with E-state index in [1.54, 1.807) is 12.0 Å². The van der Waals surface area contributed by atoms with E-state index in [2.05, 4.69) is 28.2 Å². The molecule has 3 aromatic rings. The number of benzene rings is 2. The Hall–Kier alpha value is -3.12. The molecule has 0 bridgehead atoms. The number of rotatable bonds is 6. The highest BCUT2D eigenvalue weighted by atomic mass is 16.5. The summed E-state index contributed by atoms with van der Waals surface area (Å²) < 4.78 is 7.04. The highest BCUT2D eigenvalue weighted by Crippen LogP contribution is 2.41. The van der Waals surface area contributed by atoms with E-state index >= 15 is 0 Å². The quantitative estimate of drug-likeness (QED) is 0.672. The Balaban J connectivity index is 1.75. The monoisotopic (exact) mass is 377 g/mol. The number of nitrogens with one attached hydrogen (secondary N) is 1. The maximum Gasteiger partial charge on any atom is 0.255 e. The van der Waals surface area contributed by atoms with Crippen molar-refractivity contribution in [3.63, 3.8) is 0 Å². The summed E-state index contributed by atoms with van der Waals surface area (Å²) >= 11 is 0. The van der Waals surface area contributed by atoms with Crippen molar-refractivity contribution in [2.75, 3.05) is 26.8 Å². The zero-order valence-electron chi connectivity index (χ0n) is 16.0. The second-order valence-electron chi connectivity index (χ2n) is 6.98. The van der Waals surface area contributed by atoms with Crippen LogP contribution in [0.5, 0.6) is 0 Å². The van der Waals surface area contributed by atoms with Crippen molar-refractivity contribution < 1.29 is 14.3 Å². The molecule has 2 aromatic carbocycles.